The quantitative estimate of drug-likeness (QED) is 0.767. The van der Waals surface area contributed by atoms with Gasteiger partial charge in [0.15, 0.2) is 0 Å². The van der Waals surface area contributed by atoms with E-state index in [2.05, 4.69) is 41.4 Å². The Morgan fingerprint density at radius 1 is 1.00 bits per heavy atom. The van der Waals surface area contributed by atoms with Gasteiger partial charge in [-0.1, -0.05) is 17.7 Å². The highest BCUT2D eigenvalue weighted by Crippen LogP contribution is 2.33. The number of hydrogen-bond acceptors (Lipinski definition) is 2. The SMILES string of the molecule is Cc1ccc(NCCN(CC2CC2)CC2CC2)cc1. The molecule has 3 rings (SSSR count). The van der Waals surface area contributed by atoms with Crippen LogP contribution < -0.4 is 5.32 Å². The van der Waals surface area contributed by atoms with Crippen LogP contribution >= 0.6 is 0 Å². The molecule has 0 saturated heterocycles. The first-order valence-corrected chi connectivity index (χ1v) is 7.82. The summed E-state index contributed by atoms with van der Waals surface area (Å²) in [7, 11) is 0. The summed E-state index contributed by atoms with van der Waals surface area (Å²) in [5.74, 6) is 2.02. The normalized spacial score (nSPS) is 18.8. The van der Waals surface area contributed by atoms with Crippen molar-refractivity contribution in [1.29, 1.82) is 0 Å². The molecule has 0 amide bonds. The molecule has 0 heterocycles. The van der Waals surface area contributed by atoms with Gasteiger partial charge >= 0.3 is 0 Å². The Labute approximate surface area is 117 Å². The van der Waals surface area contributed by atoms with Gasteiger partial charge < -0.3 is 10.2 Å². The minimum Gasteiger partial charge on any atom is -0.384 e. The number of benzene rings is 1. The van der Waals surface area contributed by atoms with Crippen molar-refractivity contribution < 1.29 is 0 Å². The first-order chi connectivity index (χ1) is 9.29. The maximum absolute atomic E-state index is 3.55. The van der Waals surface area contributed by atoms with Gasteiger partial charge in [-0.2, -0.15) is 0 Å². The van der Waals surface area contributed by atoms with E-state index < -0.39 is 0 Å². The third-order valence-corrected chi connectivity index (χ3v) is 4.24. The molecule has 2 fully saturated rings. The van der Waals surface area contributed by atoms with E-state index in [1.54, 1.807) is 0 Å². The van der Waals surface area contributed by atoms with Gasteiger partial charge in [-0.15, -0.1) is 0 Å². The maximum Gasteiger partial charge on any atom is 0.0340 e. The lowest BCUT2D eigenvalue weighted by Crippen LogP contribution is -2.32. The second-order valence-electron chi connectivity index (χ2n) is 6.44. The van der Waals surface area contributed by atoms with Crippen LogP contribution in [-0.4, -0.2) is 31.1 Å². The van der Waals surface area contributed by atoms with E-state index in [0.717, 1.165) is 18.4 Å². The number of hydrogen-bond donors (Lipinski definition) is 1. The molecule has 2 aliphatic rings. The van der Waals surface area contributed by atoms with E-state index in [0.29, 0.717) is 0 Å². The van der Waals surface area contributed by atoms with Gasteiger partial charge in [-0.3, -0.25) is 0 Å². The van der Waals surface area contributed by atoms with E-state index in [1.165, 1.54) is 56.6 Å². The maximum atomic E-state index is 3.55. The van der Waals surface area contributed by atoms with E-state index >= 15 is 0 Å². The molecule has 0 aromatic heterocycles. The molecule has 0 radical (unpaired) electrons. The highest BCUT2D eigenvalue weighted by atomic mass is 15.1. The van der Waals surface area contributed by atoms with Gasteiger partial charge in [0.2, 0.25) is 0 Å². The number of nitrogens with zero attached hydrogens (tertiary/aromatic N) is 1. The van der Waals surface area contributed by atoms with E-state index in [9.17, 15) is 0 Å². The zero-order valence-electron chi connectivity index (χ0n) is 12.1. The fraction of sp³-hybridized carbons (Fsp3) is 0.647. The second-order valence-corrected chi connectivity index (χ2v) is 6.44. The molecule has 19 heavy (non-hydrogen) atoms. The van der Waals surface area contributed by atoms with Crippen LogP contribution in [-0.2, 0) is 0 Å². The molecular formula is C17H26N2. The zero-order valence-corrected chi connectivity index (χ0v) is 12.1. The first-order valence-electron chi connectivity index (χ1n) is 7.82. The summed E-state index contributed by atoms with van der Waals surface area (Å²) in [5, 5.41) is 3.55. The van der Waals surface area contributed by atoms with Crippen LogP contribution in [0, 0.1) is 18.8 Å². The monoisotopic (exact) mass is 258 g/mol. The lowest BCUT2D eigenvalue weighted by Gasteiger charge is -2.22. The molecule has 0 unspecified atom stereocenters. The standard InChI is InChI=1S/C17H26N2/c1-14-2-8-17(9-3-14)18-10-11-19(12-15-4-5-15)13-16-6-7-16/h2-3,8-9,15-16,18H,4-7,10-13H2,1H3. The molecule has 2 aliphatic carbocycles. The van der Waals surface area contributed by atoms with Gasteiger partial charge in [0.05, 0.1) is 0 Å². The molecule has 2 saturated carbocycles. The third kappa shape index (κ3) is 4.54. The van der Waals surface area contributed by atoms with Crippen molar-refractivity contribution in [2.24, 2.45) is 11.8 Å². The lowest BCUT2D eigenvalue weighted by molar-refractivity contribution is 0.262. The largest absolute Gasteiger partial charge is 0.384 e. The average molecular weight is 258 g/mol. The van der Waals surface area contributed by atoms with Crippen LogP contribution in [0.25, 0.3) is 0 Å². The summed E-state index contributed by atoms with van der Waals surface area (Å²) >= 11 is 0. The van der Waals surface area contributed by atoms with Gasteiger partial charge in [0.1, 0.15) is 0 Å². The Hall–Kier alpha value is -1.02. The highest BCUT2D eigenvalue weighted by molar-refractivity contribution is 5.44. The van der Waals surface area contributed by atoms with Gasteiger partial charge in [-0.05, 0) is 56.6 Å². The van der Waals surface area contributed by atoms with Crippen LogP contribution in [0.15, 0.2) is 24.3 Å². The first kappa shape index (κ1) is 13.0. The lowest BCUT2D eigenvalue weighted by atomic mass is 10.2. The summed E-state index contributed by atoms with van der Waals surface area (Å²) in [6, 6.07) is 8.71. The van der Waals surface area contributed by atoms with Gasteiger partial charge in [0, 0.05) is 31.9 Å². The molecule has 1 aromatic rings. The topological polar surface area (TPSA) is 15.3 Å². The Morgan fingerprint density at radius 3 is 2.11 bits per heavy atom. The Morgan fingerprint density at radius 2 is 1.58 bits per heavy atom. The van der Waals surface area contributed by atoms with Gasteiger partial charge in [0.25, 0.3) is 0 Å². The smallest absolute Gasteiger partial charge is 0.0340 e. The van der Waals surface area contributed by atoms with Gasteiger partial charge in [-0.25, -0.2) is 0 Å². The molecule has 0 bridgehead atoms. The Balaban J connectivity index is 1.41. The third-order valence-electron chi connectivity index (χ3n) is 4.24. The predicted molar refractivity (Wildman–Crippen MR) is 81.6 cm³/mol. The minimum absolute atomic E-state index is 1.01. The molecule has 0 atom stereocenters. The minimum atomic E-state index is 1.01. The molecule has 2 nitrogen and oxygen atoms in total. The van der Waals surface area contributed by atoms with Crippen molar-refractivity contribution in [3.8, 4) is 0 Å². The molecule has 0 aliphatic heterocycles. The highest BCUT2D eigenvalue weighted by Gasteiger charge is 2.28. The fourth-order valence-corrected chi connectivity index (χ4v) is 2.62. The predicted octanol–water partition coefficient (Wildman–Crippen LogP) is 3.53. The average Bonchev–Trinajstić information content (AvgIpc) is 3.27. The summed E-state index contributed by atoms with van der Waals surface area (Å²) in [5.41, 5.74) is 2.58. The molecule has 0 spiro atoms. The Bertz CT molecular complexity index is 376. The molecule has 1 N–H and O–H groups in total. The van der Waals surface area contributed by atoms with E-state index in [1.807, 2.05) is 0 Å². The summed E-state index contributed by atoms with van der Waals surface area (Å²) in [6.45, 7) is 7.08. The summed E-state index contributed by atoms with van der Waals surface area (Å²) in [4.78, 5) is 2.69. The summed E-state index contributed by atoms with van der Waals surface area (Å²) < 4.78 is 0. The van der Waals surface area contributed by atoms with Crippen LogP contribution in [0.5, 0.6) is 0 Å². The van der Waals surface area contributed by atoms with Crippen molar-refractivity contribution in [2.45, 2.75) is 32.6 Å². The van der Waals surface area contributed by atoms with E-state index in [4.69, 9.17) is 0 Å². The van der Waals surface area contributed by atoms with Crippen molar-refractivity contribution in [2.75, 3.05) is 31.5 Å². The fourth-order valence-electron chi connectivity index (χ4n) is 2.62. The van der Waals surface area contributed by atoms with Crippen LogP contribution in [0.4, 0.5) is 5.69 Å². The van der Waals surface area contributed by atoms with Crippen LogP contribution in [0.3, 0.4) is 0 Å². The Kier molecular flexibility index (Phi) is 4.07. The summed E-state index contributed by atoms with van der Waals surface area (Å²) in [6.07, 6.45) is 5.86. The molecule has 1 aromatic carbocycles. The van der Waals surface area contributed by atoms with Crippen molar-refractivity contribution in [1.82, 2.24) is 4.90 Å². The zero-order chi connectivity index (χ0) is 13.1. The number of anilines is 1. The number of nitrogens with one attached hydrogen (secondary N) is 1. The van der Waals surface area contributed by atoms with Crippen LogP contribution in [0.1, 0.15) is 31.2 Å². The van der Waals surface area contributed by atoms with Crippen molar-refractivity contribution in [3.63, 3.8) is 0 Å². The number of aryl methyl sites for hydroxylation is 1. The van der Waals surface area contributed by atoms with Crippen molar-refractivity contribution >= 4 is 5.69 Å². The number of rotatable bonds is 8. The van der Waals surface area contributed by atoms with Crippen LogP contribution in [0.2, 0.25) is 0 Å². The molecule has 2 heteroatoms. The second kappa shape index (κ2) is 5.96. The molecular weight excluding hydrogens is 232 g/mol. The van der Waals surface area contributed by atoms with Crippen molar-refractivity contribution in [3.05, 3.63) is 29.8 Å². The van der Waals surface area contributed by atoms with E-state index in [-0.39, 0.29) is 0 Å². The molecule has 104 valence electrons.